The van der Waals surface area contributed by atoms with Gasteiger partial charge in [-0.2, -0.15) is 0 Å². The zero-order valence-corrected chi connectivity index (χ0v) is 10.4. The molecule has 1 aromatic carbocycles. The molecular weight excluding hydrogens is 250 g/mol. The third-order valence-electron chi connectivity index (χ3n) is 2.32. The summed E-state index contributed by atoms with van der Waals surface area (Å²) in [5.41, 5.74) is 6.41. The van der Waals surface area contributed by atoms with Crippen molar-refractivity contribution >= 4 is 23.6 Å². The number of imide groups is 1. The van der Waals surface area contributed by atoms with E-state index in [1.807, 2.05) is 12.2 Å². The van der Waals surface area contributed by atoms with Crippen molar-refractivity contribution in [2.24, 2.45) is 5.73 Å². The van der Waals surface area contributed by atoms with Gasteiger partial charge in [0.2, 0.25) is 5.91 Å². The monoisotopic (exact) mass is 265 g/mol. The number of amides is 3. The van der Waals surface area contributed by atoms with Crippen LogP contribution < -0.4 is 16.0 Å². The van der Waals surface area contributed by atoms with Crippen molar-refractivity contribution in [1.82, 2.24) is 5.32 Å². The maximum absolute atomic E-state index is 11.4. The largest absolute Gasteiger partial charge is 0.480 e. The SMILES string of the molecule is Cc1ccc(N(CC(=O)O)CC(=O)NC(N)=O)cc1. The summed E-state index contributed by atoms with van der Waals surface area (Å²) in [5, 5.41) is 10.7. The first-order valence-corrected chi connectivity index (χ1v) is 5.51. The number of primary amides is 1. The van der Waals surface area contributed by atoms with E-state index >= 15 is 0 Å². The smallest absolute Gasteiger partial charge is 0.323 e. The molecule has 19 heavy (non-hydrogen) atoms. The standard InChI is InChI=1S/C12H15N3O4/c1-8-2-4-9(5-3-8)15(7-11(17)18)6-10(16)14-12(13)19/h2-5H,6-7H2,1H3,(H,17,18)(H3,13,14,16,19). The van der Waals surface area contributed by atoms with Gasteiger partial charge in [-0.25, -0.2) is 4.79 Å². The van der Waals surface area contributed by atoms with E-state index in [2.05, 4.69) is 0 Å². The van der Waals surface area contributed by atoms with Gasteiger partial charge in [-0.1, -0.05) is 17.7 Å². The highest BCUT2D eigenvalue weighted by molar-refractivity contribution is 5.96. The van der Waals surface area contributed by atoms with Crippen molar-refractivity contribution in [3.63, 3.8) is 0 Å². The van der Waals surface area contributed by atoms with Crippen LogP contribution >= 0.6 is 0 Å². The van der Waals surface area contributed by atoms with Crippen LogP contribution in [0.25, 0.3) is 0 Å². The second kappa shape index (κ2) is 6.39. The van der Waals surface area contributed by atoms with Gasteiger partial charge in [0.05, 0.1) is 6.54 Å². The normalized spacial score (nSPS) is 9.74. The molecule has 102 valence electrons. The number of hydrogen-bond donors (Lipinski definition) is 3. The van der Waals surface area contributed by atoms with Crippen LogP contribution in [0.2, 0.25) is 0 Å². The van der Waals surface area contributed by atoms with Gasteiger partial charge in [-0.05, 0) is 19.1 Å². The maximum Gasteiger partial charge on any atom is 0.323 e. The molecule has 0 unspecified atom stereocenters. The van der Waals surface area contributed by atoms with E-state index in [1.165, 1.54) is 4.90 Å². The lowest BCUT2D eigenvalue weighted by Gasteiger charge is -2.22. The Morgan fingerprint density at radius 1 is 1.21 bits per heavy atom. The fraction of sp³-hybridized carbons (Fsp3) is 0.250. The average Bonchev–Trinajstić information content (AvgIpc) is 2.27. The molecule has 0 spiro atoms. The predicted molar refractivity (Wildman–Crippen MR) is 68.8 cm³/mol. The third-order valence-corrected chi connectivity index (χ3v) is 2.32. The van der Waals surface area contributed by atoms with Crippen LogP contribution in [-0.2, 0) is 9.59 Å². The number of carbonyl (C=O) groups is 3. The Morgan fingerprint density at radius 2 is 1.79 bits per heavy atom. The molecule has 1 aromatic rings. The number of nitrogens with zero attached hydrogens (tertiary/aromatic N) is 1. The number of aliphatic carboxylic acids is 1. The van der Waals surface area contributed by atoms with Gasteiger partial charge in [-0.3, -0.25) is 14.9 Å². The van der Waals surface area contributed by atoms with E-state index in [0.29, 0.717) is 5.69 Å². The molecule has 7 heteroatoms. The molecule has 0 saturated heterocycles. The average molecular weight is 265 g/mol. The highest BCUT2D eigenvalue weighted by Crippen LogP contribution is 2.14. The van der Waals surface area contributed by atoms with E-state index in [1.54, 1.807) is 24.3 Å². The van der Waals surface area contributed by atoms with E-state index in [0.717, 1.165) is 5.56 Å². The van der Waals surface area contributed by atoms with Crippen molar-refractivity contribution in [2.45, 2.75) is 6.92 Å². The molecule has 1 rings (SSSR count). The summed E-state index contributed by atoms with van der Waals surface area (Å²) >= 11 is 0. The number of hydrogen-bond acceptors (Lipinski definition) is 4. The second-order valence-electron chi connectivity index (χ2n) is 4.00. The molecule has 3 amide bonds. The maximum atomic E-state index is 11.4. The first-order chi connectivity index (χ1) is 8.88. The molecule has 0 aliphatic carbocycles. The molecule has 0 aliphatic heterocycles. The Hall–Kier alpha value is -2.57. The molecule has 4 N–H and O–H groups in total. The molecule has 0 fully saturated rings. The van der Waals surface area contributed by atoms with Crippen LogP contribution in [0.3, 0.4) is 0 Å². The molecule has 0 atom stereocenters. The Bertz CT molecular complexity index is 484. The van der Waals surface area contributed by atoms with Gasteiger partial charge >= 0.3 is 12.0 Å². The summed E-state index contributed by atoms with van der Waals surface area (Å²) in [7, 11) is 0. The van der Waals surface area contributed by atoms with Crippen LogP contribution in [0, 0.1) is 6.92 Å². The number of nitrogens with two attached hydrogens (primary N) is 1. The van der Waals surface area contributed by atoms with Gasteiger partial charge < -0.3 is 15.7 Å². The molecule has 0 radical (unpaired) electrons. The minimum Gasteiger partial charge on any atom is -0.480 e. The molecule has 0 bridgehead atoms. The highest BCUT2D eigenvalue weighted by atomic mass is 16.4. The summed E-state index contributed by atoms with van der Waals surface area (Å²) in [6, 6.07) is 6.04. The molecule has 0 aromatic heterocycles. The van der Waals surface area contributed by atoms with Crippen LogP contribution in [0.1, 0.15) is 5.56 Å². The fourth-order valence-electron chi connectivity index (χ4n) is 1.51. The Kier molecular flexibility index (Phi) is 4.87. The molecule has 0 saturated carbocycles. The summed E-state index contributed by atoms with van der Waals surface area (Å²) in [4.78, 5) is 34.1. The van der Waals surface area contributed by atoms with E-state index < -0.39 is 17.9 Å². The molecule has 0 heterocycles. The van der Waals surface area contributed by atoms with Crippen molar-refractivity contribution in [2.75, 3.05) is 18.0 Å². The number of rotatable bonds is 5. The van der Waals surface area contributed by atoms with Crippen LogP contribution in [-0.4, -0.2) is 36.1 Å². The minimum absolute atomic E-state index is 0.266. The summed E-state index contributed by atoms with van der Waals surface area (Å²) in [6.45, 7) is 1.28. The highest BCUT2D eigenvalue weighted by Gasteiger charge is 2.15. The fourth-order valence-corrected chi connectivity index (χ4v) is 1.51. The van der Waals surface area contributed by atoms with Crippen molar-refractivity contribution in [3.8, 4) is 0 Å². The first-order valence-electron chi connectivity index (χ1n) is 5.51. The lowest BCUT2D eigenvalue weighted by molar-refractivity contribution is -0.135. The zero-order chi connectivity index (χ0) is 14.4. The number of carboxylic acids is 1. The number of benzene rings is 1. The van der Waals surface area contributed by atoms with Crippen LogP contribution in [0.4, 0.5) is 10.5 Å². The topological polar surface area (TPSA) is 113 Å². The zero-order valence-electron chi connectivity index (χ0n) is 10.4. The third kappa shape index (κ3) is 5.07. The Labute approximate surface area is 110 Å². The van der Waals surface area contributed by atoms with E-state index in [4.69, 9.17) is 10.8 Å². The molecule has 7 nitrogen and oxygen atoms in total. The summed E-state index contributed by atoms with van der Waals surface area (Å²) in [6.07, 6.45) is 0. The second-order valence-corrected chi connectivity index (χ2v) is 4.00. The van der Waals surface area contributed by atoms with E-state index in [-0.39, 0.29) is 13.1 Å². The number of anilines is 1. The molecular formula is C12H15N3O4. The quantitative estimate of drug-likeness (QED) is 0.698. The number of carboxylic acid groups (broad SMARTS) is 1. The van der Waals surface area contributed by atoms with Gasteiger partial charge in [0.15, 0.2) is 0 Å². The Morgan fingerprint density at radius 3 is 2.26 bits per heavy atom. The van der Waals surface area contributed by atoms with Gasteiger partial charge in [0.25, 0.3) is 0 Å². The summed E-state index contributed by atoms with van der Waals surface area (Å²) < 4.78 is 0. The number of urea groups is 1. The number of carbonyl (C=O) groups excluding carboxylic acids is 2. The van der Waals surface area contributed by atoms with Gasteiger partial charge in [0, 0.05) is 5.69 Å². The number of nitrogens with one attached hydrogen (secondary N) is 1. The van der Waals surface area contributed by atoms with E-state index in [9.17, 15) is 14.4 Å². The van der Waals surface area contributed by atoms with Gasteiger partial charge in [-0.15, -0.1) is 0 Å². The van der Waals surface area contributed by atoms with Crippen LogP contribution in [0.15, 0.2) is 24.3 Å². The lowest BCUT2D eigenvalue weighted by Crippen LogP contribution is -2.43. The minimum atomic E-state index is -1.08. The molecule has 0 aliphatic rings. The first kappa shape index (κ1) is 14.5. The Balaban J connectivity index is 2.82. The van der Waals surface area contributed by atoms with Crippen molar-refractivity contribution in [3.05, 3.63) is 29.8 Å². The predicted octanol–water partition coefficient (Wildman–Crippen LogP) is 0.0809. The lowest BCUT2D eigenvalue weighted by atomic mass is 10.2. The number of aryl methyl sites for hydroxylation is 1. The van der Waals surface area contributed by atoms with Gasteiger partial charge in [0.1, 0.15) is 6.54 Å². The summed E-state index contributed by atoms with van der Waals surface area (Å²) in [5.74, 6) is -1.73. The van der Waals surface area contributed by atoms with Crippen molar-refractivity contribution < 1.29 is 19.5 Å². The van der Waals surface area contributed by atoms with Crippen LogP contribution in [0.5, 0.6) is 0 Å². The van der Waals surface area contributed by atoms with Crippen molar-refractivity contribution in [1.29, 1.82) is 0 Å².